The molecular weight excluding hydrogens is 180 g/mol. The van der Waals surface area contributed by atoms with E-state index >= 15 is 0 Å². The molecule has 1 aliphatic carbocycles. The zero-order valence-corrected chi connectivity index (χ0v) is 8.50. The Bertz CT molecular complexity index is 209. The standard InChI is InChI=1S/C11H18O3/c12-10-3-5-11(13,6-4-10)9-2-1-7-14-8-9/h9,13H,1-8H2. The van der Waals surface area contributed by atoms with E-state index in [0.717, 1.165) is 19.4 Å². The molecule has 1 saturated carbocycles. The largest absolute Gasteiger partial charge is 0.389 e. The molecule has 0 bridgehead atoms. The summed E-state index contributed by atoms with van der Waals surface area (Å²) in [5.41, 5.74) is -0.617. The summed E-state index contributed by atoms with van der Waals surface area (Å²) in [6.07, 6.45) is 4.46. The second kappa shape index (κ2) is 3.99. The van der Waals surface area contributed by atoms with Crippen LogP contribution in [0.4, 0.5) is 0 Å². The number of carbonyl (C=O) groups is 1. The Hall–Kier alpha value is -0.410. The van der Waals surface area contributed by atoms with E-state index < -0.39 is 5.60 Å². The SMILES string of the molecule is O=C1CCC(O)(C2CCCOC2)CC1. The number of carbonyl (C=O) groups excluding carboxylic acids is 1. The molecule has 2 aliphatic rings. The van der Waals surface area contributed by atoms with Gasteiger partial charge in [0.25, 0.3) is 0 Å². The Morgan fingerprint density at radius 2 is 2.07 bits per heavy atom. The van der Waals surface area contributed by atoms with Gasteiger partial charge in [-0.25, -0.2) is 0 Å². The Morgan fingerprint density at radius 3 is 2.64 bits per heavy atom. The molecular formula is C11H18O3. The van der Waals surface area contributed by atoms with E-state index in [9.17, 15) is 9.90 Å². The average molecular weight is 198 g/mol. The second-order valence-corrected chi connectivity index (χ2v) is 4.56. The van der Waals surface area contributed by atoms with Crippen LogP contribution in [-0.2, 0) is 9.53 Å². The highest BCUT2D eigenvalue weighted by Crippen LogP contribution is 2.36. The van der Waals surface area contributed by atoms with E-state index in [-0.39, 0.29) is 5.92 Å². The predicted octanol–water partition coefficient (Wildman–Crippen LogP) is 1.29. The lowest BCUT2D eigenvalue weighted by Crippen LogP contribution is -2.45. The van der Waals surface area contributed by atoms with Gasteiger partial charge in [0.05, 0.1) is 12.2 Å². The molecule has 1 atom stereocenters. The van der Waals surface area contributed by atoms with Gasteiger partial charge in [0, 0.05) is 25.4 Å². The van der Waals surface area contributed by atoms with Crippen molar-refractivity contribution in [3.05, 3.63) is 0 Å². The third-order valence-corrected chi connectivity index (χ3v) is 3.59. The Balaban J connectivity index is 1.96. The molecule has 1 N–H and O–H groups in total. The fraction of sp³-hybridized carbons (Fsp3) is 0.909. The van der Waals surface area contributed by atoms with Crippen LogP contribution in [0.2, 0.25) is 0 Å². The maximum Gasteiger partial charge on any atom is 0.133 e. The first-order valence-corrected chi connectivity index (χ1v) is 5.52. The molecule has 0 radical (unpaired) electrons. The molecule has 0 amide bonds. The van der Waals surface area contributed by atoms with Crippen molar-refractivity contribution < 1.29 is 14.6 Å². The summed E-state index contributed by atoms with van der Waals surface area (Å²) >= 11 is 0. The molecule has 0 aromatic rings. The first kappa shape index (κ1) is 10.1. The molecule has 1 aliphatic heterocycles. The van der Waals surface area contributed by atoms with Crippen molar-refractivity contribution in [2.45, 2.75) is 44.1 Å². The highest BCUT2D eigenvalue weighted by molar-refractivity contribution is 5.79. The number of ketones is 1. The first-order valence-electron chi connectivity index (χ1n) is 5.52. The first-order chi connectivity index (χ1) is 6.71. The van der Waals surface area contributed by atoms with E-state index in [4.69, 9.17) is 4.74 Å². The number of ether oxygens (including phenoxy) is 1. The maximum absolute atomic E-state index is 11.1. The number of Topliss-reactive ketones (excluding diaryl/α,β-unsaturated/α-hetero) is 1. The van der Waals surface area contributed by atoms with Crippen LogP contribution in [0, 0.1) is 5.92 Å². The van der Waals surface area contributed by atoms with E-state index in [1.165, 1.54) is 0 Å². The van der Waals surface area contributed by atoms with Crippen LogP contribution in [0.5, 0.6) is 0 Å². The van der Waals surface area contributed by atoms with Crippen LogP contribution in [0.15, 0.2) is 0 Å². The van der Waals surface area contributed by atoms with Gasteiger partial charge in [-0.3, -0.25) is 4.79 Å². The molecule has 2 fully saturated rings. The fourth-order valence-electron chi connectivity index (χ4n) is 2.53. The Morgan fingerprint density at radius 1 is 1.36 bits per heavy atom. The van der Waals surface area contributed by atoms with Crippen LogP contribution >= 0.6 is 0 Å². The summed E-state index contributed by atoms with van der Waals surface area (Å²) in [6.45, 7) is 1.50. The minimum absolute atomic E-state index is 0.254. The molecule has 2 rings (SSSR count). The summed E-state index contributed by atoms with van der Waals surface area (Å²) in [7, 11) is 0. The molecule has 14 heavy (non-hydrogen) atoms. The normalized spacial score (nSPS) is 32.9. The number of rotatable bonds is 1. The minimum Gasteiger partial charge on any atom is -0.389 e. The molecule has 0 spiro atoms. The summed E-state index contributed by atoms with van der Waals surface area (Å²) in [5, 5.41) is 10.4. The Kier molecular flexibility index (Phi) is 2.88. The minimum atomic E-state index is -0.617. The van der Waals surface area contributed by atoms with E-state index in [1.54, 1.807) is 0 Å². The van der Waals surface area contributed by atoms with E-state index in [1.807, 2.05) is 0 Å². The monoisotopic (exact) mass is 198 g/mol. The van der Waals surface area contributed by atoms with Crippen molar-refractivity contribution in [2.75, 3.05) is 13.2 Å². The lowest BCUT2D eigenvalue weighted by atomic mass is 9.73. The van der Waals surface area contributed by atoms with Gasteiger partial charge in [-0.15, -0.1) is 0 Å². The molecule has 1 saturated heterocycles. The fourth-order valence-corrected chi connectivity index (χ4v) is 2.53. The Labute approximate surface area is 84.4 Å². The van der Waals surface area contributed by atoms with Gasteiger partial charge in [0.1, 0.15) is 5.78 Å². The van der Waals surface area contributed by atoms with Gasteiger partial charge < -0.3 is 9.84 Å². The van der Waals surface area contributed by atoms with Crippen LogP contribution in [0.1, 0.15) is 38.5 Å². The van der Waals surface area contributed by atoms with E-state index in [0.29, 0.717) is 38.1 Å². The van der Waals surface area contributed by atoms with Crippen molar-refractivity contribution in [2.24, 2.45) is 5.92 Å². The van der Waals surface area contributed by atoms with Crippen molar-refractivity contribution in [3.63, 3.8) is 0 Å². The van der Waals surface area contributed by atoms with Gasteiger partial charge in [-0.2, -0.15) is 0 Å². The van der Waals surface area contributed by atoms with Crippen LogP contribution in [0.25, 0.3) is 0 Å². The smallest absolute Gasteiger partial charge is 0.133 e. The maximum atomic E-state index is 11.1. The molecule has 3 nitrogen and oxygen atoms in total. The molecule has 0 aromatic carbocycles. The molecule has 1 heterocycles. The third-order valence-electron chi connectivity index (χ3n) is 3.59. The number of hydrogen-bond acceptors (Lipinski definition) is 3. The summed E-state index contributed by atoms with van der Waals surface area (Å²) in [4.78, 5) is 11.1. The zero-order chi connectivity index (χ0) is 10.0. The topological polar surface area (TPSA) is 46.5 Å². The molecule has 3 heteroatoms. The lowest BCUT2D eigenvalue weighted by Gasteiger charge is -2.40. The highest BCUT2D eigenvalue weighted by Gasteiger charge is 2.40. The number of hydrogen-bond donors (Lipinski definition) is 1. The van der Waals surface area contributed by atoms with Crippen LogP contribution in [-0.4, -0.2) is 29.7 Å². The van der Waals surface area contributed by atoms with Crippen molar-refractivity contribution >= 4 is 5.78 Å². The number of aliphatic hydroxyl groups is 1. The highest BCUT2D eigenvalue weighted by atomic mass is 16.5. The van der Waals surface area contributed by atoms with Gasteiger partial charge in [-0.1, -0.05) is 0 Å². The van der Waals surface area contributed by atoms with Gasteiger partial charge in [0.2, 0.25) is 0 Å². The lowest BCUT2D eigenvalue weighted by molar-refractivity contribution is -0.134. The van der Waals surface area contributed by atoms with Gasteiger partial charge >= 0.3 is 0 Å². The van der Waals surface area contributed by atoms with Gasteiger partial charge in [-0.05, 0) is 25.7 Å². The second-order valence-electron chi connectivity index (χ2n) is 4.56. The average Bonchev–Trinajstić information content (AvgIpc) is 2.24. The van der Waals surface area contributed by atoms with Crippen molar-refractivity contribution in [1.82, 2.24) is 0 Å². The summed E-state index contributed by atoms with van der Waals surface area (Å²) < 4.78 is 5.38. The third kappa shape index (κ3) is 1.98. The van der Waals surface area contributed by atoms with Crippen molar-refractivity contribution in [3.8, 4) is 0 Å². The summed E-state index contributed by atoms with van der Waals surface area (Å²) in [6, 6.07) is 0. The van der Waals surface area contributed by atoms with Crippen LogP contribution in [0.3, 0.4) is 0 Å². The molecule has 1 unspecified atom stereocenters. The zero-order valence-electron chi connectivity index (χ0n) is 8.50. The van der Waals surface area contributed by atoms with Crippen molar-refractivity contribution in [1.29, 1.82) is 0 Å². The predicted molar refractivity (Wildman–Crippen MR) is 52.0 cm³/mol. The molecule has 0 aromatic heterocycles. The summed E-state index contributed by atoms with van der Waals surface area (Å²) in [5.74, 6) is 0.552. The molecule has 80 valence electrons. The van der Waals surface area contributed by atoms with Crippen LogP contribution < -0.4 is 0 Å². The van der Waals surface area contributed by atoms with E-state index in [2.05, 4.69) is 0 Å². The quantitative estimate of drug-likeness (QED) is 0.690. The van der Waals surface area contributed by atoms with Gasteiger partial charge in [0.15, 0.2) is 0 Å².